The Hall–Kier alpha value is -1.63. The molecule has 0 spiro atoms. The van der Waals surface area contributed by atoms with Gasteiger partial charge < -0.3 is 0 Å². The Morgan fingerprint density at radius 2 is 1.42 bits per heavy atom. The Labute approximate surface area is 150 Å². The van der Waals surface area contributed by atoms with E-state index in [2.05, 4.69) is 65.8 Å². The van der Waals surface area contributed by atoms with Crippen LogP contribution < -0.4 is 0 Å². The summed E-state index contributed by atoms with van der Waals surface area (Å²) in [7, 11) is 0. The van der Waals surface area contributed by atoms with Gasteiger partial charge in [0.2, 0.25) is 0 Å². The first kappa shape index (κ1) is 24.6. The molecule has 24 heavy (non-hydrogen) atoms. The lowest BCUT2D eigenvalue weighted by Crippen LogP contribution is -2.11. The van der Waals surface area contributed by atoms with Crippen molar-refractivity contribution in [2.45, 2.75) is 74.7 Å². The predicted octanol–water partition coefficient (Wildman–Crippen LogP) is 7.82. The molecule has 1 heteroatoms. The van der Waals surface area contributed by atoms with Crippen molar-refractivity contribution in [3.8, 4) is 0 Å². The molecule has 0 radical (unpaired) electrons. The fourth-order valence-corrected chi connectivity index (χ4v) is 2.20. The molecule has 0 aliphatic carbocycles. The third kappa shape index (κ3) is 8.29. The zero-order chi connectivity index (χ0) is 16.9. The van der Waals surface area contributed by atoms with Crippen LogP contribution in [0.15, 0.2) is 42.5 Å². The van der Waals surface area contributed by atoms with E-state index in [0.717, 1.165) is 11.1 Å². The van der Waals surface area contributed by atoms with Crippen LogP contribution in [-0.4, -0.2) is 0 Å². The van der Waals surface area contributed by atoms with Crippen LogP contribution in [0.2, 0.25) is 0 Å². The fourth-order valence-electron chi connectivity index (χ4n) is 2.20. The smallest absolute Gasteiger partial charge is 0.123 e. The van der Waals surface area contributed by atoms with E-state index in [1.54, 1.807) is 12.1 Å². The summed E-state index contributed by atoms with van der Waals surface area (Å²) in [6.07, 6.45) is 0. The van der Waals surface area contributed by atoms with Crippen molar-refractivity contribution in [3.05, 3.63) is 70.5 Å². The molecule has 0 nitrogen and oxygen atoms in total. The summed E-state index contributed by atoms with van der Waals surface area (Å²) >= 11 is 0. The first-order valence-corrected chi connectivity index (χ1v) is 7.94. The predicted molar refractivity (Wildman–Crippen MR) is 109 cm³/mol. The highest BCUT2D eigenvalue weighted by Crippen LogP contribution is 2.23. The average molecular weight is 333 g/mol. The highest BCUT2D eigenvalue weighted by Gasteiger charge is 2.14. The minimum absolute atomic E-state index is 0. The van der Waals surface area contributed by atoms with Gasteiger partial charge in [0, 0.05) is 0 Å². The van der Waals surface area contributed by atoms with Gasteiger partial charge in [-0.2, -0.15) is 0 Å². The van der Waals surface area contributed by atoms with Gasteiger partial charge in [0.25, 0.3) is 0 Å². The monoisotopic (exact) mass is 332 g/mol. The lowest BCUT2D eigenvalue weighted by atomic mass is 9.86. The molecule has 0 aromatic heterocycles. The van der Waals surface area contributed by atoms with Crippen LogP contribution in [-0.2, 0) is 5.41 Å². The Bertz CT molecular complexity index is 583. The Kier molecular flexibility index (Phi) is 10.5. The maximum atomic E-state index is 13.0. The van der Waals surface area contributed by atoms with Crippen LogP contribution in [0.1, 0.15) is 77.6 Å². The molecule has 0 heterocycles. The van der Waals surface area contributed by atoms with Crippen LogP contribution in [0, 0.1) is 19.7 Å². The summed E-state index contributed by atoms with van der Waals surface area (Å²) in [5.74, 6) is 0.514. The second kappa shape index (κ2) is 10.3. The van der Waals surface area contributed by atoms with E-state index < -0.39 is 0 Å². The van der Waals surface area contributed by atoms with Crippen molar-refractivity contribution >= 4 is 0 Å². The van der Waals surface area contributed by atoms with Gasteiger partial charge >= 0.3 is 0 Å². The molecule has 2 aromatic carbocycles. The average Bonchev–Trinajstić information content (AvgIpc) is 2.37. The Morgan fingerprint density at radius 1 is 0.833 bits per heavy atom. The molecule has 0 saturated carbocycles. The normalized spacial score (nSPS) is 10.2. The van der Waals surface area contributed by atoms with Gasteiger partial charge in [0.1, 0.15) is 5.82 Å². The summed E-state index contributed by atoms with van der Waals surface area (Å²) in [6.45, 7) is 14.7. The van der Waals surface area contributed by atoms with E-state index in [-0.39, 0.29) is 26.1 Å². The summed E-state index contributed by atoms with van der Waals surface area (Å²) < 4.78 is 13.0. The van der Waals surface area contributed by atoms with E-state index in [9.17, 15) is 4.39 Å². The van der Waals surface area contributed by atoms with Crippen LogP contribution >= 0.6 is 0 Å². The van der Waals surface area contributed by atoms with Crippen molar-refractivity contribution in [2.24, 2.45) is 0 Å². The topological polar surface area (TPSA) is 0 Å². The largest absolute Gasteiger partial charge is 0.207 e. The van der Waals surface area contributed by atoms with Crippen LogP contribution in [0.4, 0.5) is 4.39 Å². The zero-order valence-corrected chi connectivity index (χ0v) is 15.0. The van der Waals surface area contributed by atoms with Gasteiger partial charge in [-0.15, -0.1) is 0 Å². The van der Waals surface area contributed by atoms with Crippen molar-refractivity contribution in [1.29, 1.82) is 0 Å². The van der Waals surface area contributed by atoms with E-state index in [0.29, 0.717) is 5.92 Å². The molecular formula is C23H37F. The SMILES string of the molecule is C.C.Cc1cc(F)cc(C(C)(C)C)c1.Cc1cccc(C(C)C)c1. The number of aryl methyl sites for hydroxylation is 2. The molecule has 0 bridgehead atoms. The van der Waals surface area contributed by atoms with Crippen LogP contribution in [0.5, 0.6) is 0 Å². The van der Waals surface area contributed by atoms with Crippen molar-refractivity contribution in [3.63, 3.8) is 0 Å². The number of benzene rings is 2. The molecule has 136 valence electrons. The van der Waals surface area contributed by atoms with Crippen molar-refractivity contribution < 1.29 is 4.39 Å². The molecule has 2 aromatic rings. The maximum Gasteiger partial charge on any atom is 0.123 e. The van der Waals surface area contributed by atoms with Crippen LogP contribution in [0.25, 0.3) is 0 Å². The summed E-state index contributed by atoms with van der Waals surface area (Å²) in [6, 6.07) is 13.9. The molecule has 0 amide bonds. The number of halogens is 1. The third-order valence-electron chi connectivity index (χ3n) is 3.62. The van der Waals surface area contributed by atoms with Gasteiger partial charge in [-0.25, -0.2) is 4.39 Å². The Balaban J connectivity index is 0. The third-order valence-corrected chi connectivity index (χ3v) is 3.62. The molecule has 0 atom stereocenters. The molecule has 0 fully saturated rings. The fraction of sp³-hybridized carbons (Fsp3) is 0.478. The van der Waals surface area contributed by atoms with E-state index >= 15 is 0 Å². The molecule has 0 aliphatic heterocycles. The number of hydrogen-bond donors (Lipinski definition) is 0. The zero-order valence-electron chi connectivity index (χ0n) is 15.0. The number of rotatable bonds is 1. The van der Waals surface area contributed by atoms with Crippen LogP contribution in [0.3, 0.4) is 0 Å². The minimum atomic E-state index is -0.139. The molecule has 0 N–H and O–H groups in total. The van der Waals surface area contributed by atoms with Gasteiger partial charge in [-0.05, 0) is 54.0 Å². The van der Waals surface area contributed by atoms with E-state index in [1.165, 1.54) is 11.1 Å². The van der Waals surface area contributed by atoms with Gasteiger partial charge in [-0.1, -0.05) is 85.4 Å². The second-order valence-corrected chi connectivity index (χ2v) is 7.34. The molecular weight excluding hydrogens is 295 g/mol. The highest BCUT2D eigenvalue weighted by molar-refractivity contribution is 5.28. The highest BCUT2D eigenvalue weighted by atomic mass is 19.1. The van der Waals surface area contributed by atoms with Crippen molar-refractivity contribution in [1.82, 2.24) is 0 Å². The minimum Gasteiger partial charge on any atom is -0.207 e. The standard InChI is InChI=1S/C11H15F.C10H14.2CH4/c1-8-5-9(11(2,3)4)7-10(12)6-8;1-8(2)10-6-4-5-9(3)7-10;;/h5-7H,1-4H3;4-8H,1-3H3;2*1H4. The Morgan fingerprint density at radius 3 is 1.79 bits per heavy atom. The molecule has 0 saturated heterocycles. The first-order valence-electron chi connectivity index (χ1n) is 7.94. The summed E-state index contributed by atoms with van der Waals surface area (Å²) in [5.41, 5.74) is 4.86. The summed E-state index contributed by atoms with van der Waals surface area (Å²) in [4.78, 5) is 0. The van der Waals surface area contributed by atoms with E-state index in [1.807, 2.05) is 13.0 Å². The molecule has 0 unspecified atom stereocenters. The number of hydrogen-bond acceptors (Lipinski definition) is 0. The quantitative estimate of drug-likeness (QED) is 0.499. The lowest BCUT2D eigenvalue weighted by Gasteiger charge is -2.19. The second-order valence-electron chi connectivity index (χ2n) is 7.34. The van der Waals surface area contributed by atoms with Crippen molar-refractivity contribution in [2.75, 3.05) is 0 Å². The van der Waals surface area contributed by atoms with E-state index in [4.69, 9.17) is 0 Å². The van der Waals surface area contributed by atoms with Gasteiger partial charge in [0.15, 0.2) is 0 Å². The molecule has 0 aliphatic rings. The molecule has 2 rings (SSSR count). The van der Waals surface area contributed by atoms with Gasteiger partial charge in [0.05, 0.1) is 0 Å². The first-order chi connectivity index (χ1) is 10.1. The lowest BCUT2D eigenvalue weighted by molar-refractivity contribution is 0.571. The van der Waals surface area contributed by atoms with Gasteiger partial charge in [-0.3, -0.25) is 0 Å². The summed E-state index contributed by atoms with van der Waals surface area (Å²) in [5, 5.41) is 0. The maximum absolute atomic E-state index is 13.0.